The van der Waals surface area contributed by atoms with Crippen LogP contribution in [0.1, 0.15) is 12.7 Å². The zero-order valence-corrected chi connectivity index (χ0v) is 10.2. The summed E-state index contributed by atoms with van der Waals surface area (Å²) in [6.07, 6.45) is 0.794. The van der Waals surface area contributed by atoms with E-state index < -0.39 is 0 Å². The van der Waals surface area contributed by atoms with Crippen molar-refractivity contribution in [3.8, 4) is 11.4 Å². The Morgan fingerprint density at radius 2 is 2.17 bits per heavy atom. The van der Waals surface area contributed by atoms with Gasteiger partial charge in [-0.25, -0.2) is 14.1 Å². The van der Waals surface area contributed by atoms with Gasteiger partial charge in [0, 0.05) is 12.5 Å². The molecule has 0 fully saturated rings. The lowest BCUT2D eigenvalue weighted by Gasteiger charge is -2.25. The number of nitrogens with zero attached hydrogens (tertiary/aromatic N) is 3. The summed E-state index contributed by atoms with van der Waals surface area (Å²) in [4.78, 5) is 4.42. The van der Waals surface area contributed by atoms with Gasteiger partial charge >= 0.3 is 0 Å². The van der Waals surface area contributed by atoms with Gasteiger partial charge in [0.15, 0.2) is 5.82 Å². The second kappa shape index (κ2) is 4.17. The van der Waals surface area contributed by atoms with E-state index in [1.807, 2.05) is 0 Å². The van der Waals surface area contributed by atoms with Crippen LogP contribution in [0.25, 0.3) is 11.4 Å². The SMILES string of the molecule is CC1Cc2nc(-c3ccccc3F)nn2CC1N. The summed E-state index contributed by atoms with van der Waals surface area (Å²) in [5.74, 6) is 1.43. The highest BCUT2D eigenvalue weighted by Gasteiger charge is 2.25. The topological polar surface area (TPSA) is 56.7 Å². The molecule has 2 atom stereocenters. The van der Waals surface area contributed by atoms with Crippen molar-refractivity contribution in [2.45, 2.75) is 25.9 Å². The van der Waals surface area contributed by atoms with Gasteiger partial charge < -0.3 is 5.73 Å². The number of halogens is 1. The molecule has 0 saturated carbocycles. The first-order valence-corrected chi connectivity index (χ1v) is 6.09. The van der Waals surface area contributed by atoms with Crippen LogP contribution < -0.4 is 5.73 Å². The van der Waals surface area contributed by atoms with Crippen LogP contribution >= 0.6 is 0 Å². The van der Waals surface area contributed by atoms with Crippen LogP contribution in [-0.4, -0.2) is 20.8 Å². The van der Waals surface area contributed by atoms with Crippen molar-refractivity contribution in [1.82, 2.24) is 14.8 Å². The quantitative estimate of drug-likeness (QED) is 0.831. The van der Waals surface area contributed by atoms with E-state index in [9.17, 15) is 4.39 Å². The molecule has 1 aromatic carbocycles. The lowest BCUT2D eigenvalue weighted by molar-refractivity contribution is 0.330. The molecule has 0 amide bonds. The van der Waals surface area contributed by atoms with E-state index in [1.54, 1.807) is 22.9 Å². The van der Waals surface area contributed by atoms with E-state index in [2.05, 4.69) is 17.0 Å². The Morgan fingerprint density at radius 3 is 2.94 bits per heavy atom. The molecule has 3 rings (SSSR count). The summed E-state index contributed by atoms with van der Waals surface area (Å²) in [6.45, 7) is 2.75. The highest BCUT2D eigenvalue weighted by Crippen LogP contribution is 2.23. The number of nitrogens with two attached hydrogens (primary N) is 1. The third-order valence-corrected chi connectivity index (χ3v) is 3.48. The number of rotatable bonds is 1. The Hall–Kier alpha value is -1.75. The molecule has 0 radical (unpaired) electrons. The van der Waals surface area contributed by atoms with Gasteiger partial charge in [0.1, 0.15) is 11.6 Å². The van der Waals surface area contributed by atoms with E-state index in [1.165, 1.54) is 6.07 Å². The van der Waals surface area contributed by atoms with Crippen molar-refractivity contribution in [3.05, 3.63) is 35.9 Å². The van der Waals surface area contributed by atoms with Gasteiger partial charge in [-0.3, -0.25) is 0 Å². The van der Waals surface area contributed by atoms with Crippen molar-refractivity contribution < 1.29 is 4.39 Å². The first-order valence-electron chi connectivity index (χ1n) is 6.09. The third kappa shape index (κ3) is 1.80. The van der Waals surface area contributed by atoms with Gasteiger partial charge in [0.25, 0.3) is 0 Å². The smallest absolute Gasteiger partial charge is 0.184 e. The van der Waals surface area contributed by atoms with E-state index in [0.29, 0.717) is 23.9 Å². The molecule has 0 bridgehead atoms. The summed E-state index contributed by atoms with van der Waals surface area (Å²) < 4.78 is 15.5. The average molecular weight is 246 g/mol. The first-order chi connectivity index (χ1) is 8.65. The Kier molecular flexibility index (Phi) is 2.63. The van der Waals surface area contributed by atoms with Crippen LogP contribution in [0.2, 0.25) is 0 Å². The Labute approximate surface area is 105 Å². The minimum absolute atomic E-state index is 0.0904. The summed E-state index contributed by atoms with van der Waals surface area (Å²) in [6, 6.07) is 6.65. The largest absolute Gasteiger partial charge is 0.326 e. The van der Waals surface area contributed by atoms with Crippen LogP contribution in [0, 0.1) is 11.7 Å². The van der Waals surface area contributed by atoms with Crippen molar-refractivity contribution in [2.75, 3.05) is 0 Å². The van der Waals surface area contributed by atoms with Crippen LogP contribution in [0.15, 0.2) is 24.3 Å². The molecule has 0 aliphatic carbocycles. The predicted molar refractivity (Wildman–Crippen MR) is 66.3 cm³/mol. The van der Waals surface area contributed by atoms with Gasteiger partial charge in [-0.15, -0.1) is 0 Å². The standard InChI is InChI=1S/C13H15FN4/c1-8-6-12-16-13(17-18(12)7-11(8)15)9-4-2-3-5-10(9)14/h2-5,8,11H,6-7,15H2,1H3. The molecule has 94 valence electrons. The molecule has 2 N–H and O–H groups in total. The van der Waals surface area contributed by atoms with Crippen LogP contribution in [0.5, 0.6) is 0 Å². The minimum Gasteiger partial charge on any atom is -0.326 e. The van der Waals surface area contributed by atoms with Gasteiger partial charge in [-0.2, -0.15) is 5.10 Å². The highest BCUT2D eigenvalue weighted by molar-refractivity contribution is 5.55. The fourth-order valence-electron chi connectivity index (χ4n) is 2.25. The van der Waals surface area contributed by atoms with Gasteiger partial charge in [0.2, 0.25) is 0 Å². The maximum absolute atomic E-state index is 13.7. The lowest BCUT2D eigenvalue weighted by Crippen LogP contribution is -2.39. The fourth-order valence-corrected chi connectivity index (χ4v) is 2.25. The van der Waals surface area contributed by atoms with E-state index in [-0.39, 0.29) is 11.9 Å². The van der Waals surface area contributed by atoms with Crippen molar-refractivity contribution in [2.24, 2.45) is 11.7 Å². The van der Waals surface area contributed by atoms with Crippen LogP contribution in [0.3, 0.4) is 0 Å². The third-order valence-electron chi connectivity index (χ3n) is 3.48. The Morgan fingerprint density at radius 1 is 1.39 bits per heavy atom. The second-order valence-corrected chi connectivity index (χ2v) is 4.86. The molecule has 4 nitrogen and oxygen atoms in total. The minimum atomic E-state index is -0.294. The molecular formula is C13H15FN4. The maximum Gasteiger partial charge on any atom is 0.184 e. The number of fused-ring (bicyclic) bond motifs is 1. The molecule has 2 aromatic rings. The zero-order valence-electron chi connectivity index (χ0n) is 10.2. The summed E-state index contributed by atoms with van der Waals surface area (Å²) in [7, 11) is 0. The molecule has 2 unspecified atom stereocenters. The Bertz CT molecular complexity index is 551. The predicted octanol–water partition coefficient (Wildman–Crippen LogP) is 1.60. The van der Waals surface area contributed by atoms with Crippen LogP contribution in [0.4, 0.5) is 4.39 Å². The van der Waals surface area contributed by atoms with Crippen molar-refractivity contribution >= 4 is 0 Å². The van der Waals surface area contributed by atoms with Crippen molar-refractivity contribution in [3.63, 3.8) is 0 Å². The summed E-state index contributed by atoms with van der Waals surface area (Å²) >= 11 is 0. The fraction of sp³-hybridized carbons (Fsp3) is 0.385. The zero-order chi connectivity index (χ0) is 12.7. The van der Waals surface area contributed by atoms with Crippen LogP contribution in [-0.2, 0) is 13.0 Å². The molecule has 2 heterocycles. The molecule has 5 heteroatoms. The van der Waals surface area contributed by atoms with E-state index in [4.69, 9.17) is 5.73 Å². The molecule has 0 saturated heterocycles. The summed E-state index contributed by atoms with van der Waals surface area (Å²) in [5.41, 5.74) is 6.45. The number of benzene rings is 1. The molecule has 1 aliphatic rings. The molecule has 0 spiro atoms. The lowest BCUT2D eigenvalue weighted by atomic mass is 9.96. The normalized spacial score (nSPS) is 22.8. The molecule has 18 heavy (non-hydrogen) atoms. The number of hydrogen-bond donors (Lipinski definition) is 1. The summed E-state index contributed by atoms with van der Waals surface area (Å²) in [5, 5.41) is 4.35. The van der Waals surface area contributed by atoms with Crippen molar-refractivity contribution in [1.29, 1.82) is 0 Å². The van der Waals surface area contributed by atoms with Gasteiger partial charge in [-0.1, -0.05) is 19.1 Å². The second-order valence-electron chi connectivity index (χ2n) is 4.86. The number of aromatic nitrogens is 3. The monoisotopic (exact) mass is 246 g/mol. The van der Waals surface area contributed by atoms with Gasteiger partial charge in [-0.05, 0) is 18.1 Å². The first kappa shape index (κ1) is 11.3. The number of hydrogen-bond acceptors (Lipinski definition) is 3. The molecule has 1 aliphatic heterocycles. The average Bonchev–Trinajstić information content (AvgIpc) is 2.73. The van der Waals surface area contributed by atoms with Gasteiger partial charge in [0.05, 0.1) is 12.1 Å². The van der Waals surface area contributed by atoms with E-state index >= 15 is 0 Å². The Balaban J connectivity index is 2.02. The molecule has 1 aromatic heterocycles. The molecular weight excluding hydrogens is 231 g/mol. The maximum atomic E-state index is 13.7. The highest BCUT2D eigenvalue weighted by atomic mass is 19.1. The van der Waals surface area contributed by atoms with E-state index in [0.717, 1.165) is 12.2 Å².